The van der Waals surface area contributed by atoms with Crippen LogP contribution in [0.25, 0.3) is 0 Å². The van der Waals surface area contributed by atoms with Crippen molar-refractivity contribution in [2.24, 2.45) is 9.98 Å². The Labute approximate surface area is 147 Å². The first-order valence-corrected chi connectivity index (χ1v) is 7.88. The average molecular weight is 341 g/mol. The summed E-state index contributed by atoms with van der Waals surface area (Å²) in [5.74, 6) is 0.915. The van der Waals surface area contributed by atoms with Gasteiger partial charge >= 0.3 is 0 Å². The third-order valence-corrected chi connectivity index (χ3v) is 3.59. The van der Waals surface area contributed by atoms with Crippen molar-refractivity contribution in [3.05, 3.63) is 47.5 Å². The smallest absolute Gasteiger partial charge is 0.128 e. The van der Waals surface area contributed by atoms with Gasteiger partial charge in [0.1, 0.15) is 17.2 Å². The van der Waals surface area contributed by atoms with E-state index in [1.54, 1.807) is 43.8 Å². The van der Waals surface area contributed by atoms with Crippen LogP contribution >= 0.6 is 0 Å². The third kappa shape index (κ3) is 5.24. The quantitative estimate of drug-likeness (QED) is 0.600. The lowest BCUT2D eigenvalue weighted by molar-refractivity contribution is 0.407. The third-order valence-electron chi connectivity index (χ3n) is 3.59. The molecule has 2 aromatic rings. The second-order valence-electron chi connectivity index (χ2n) is 5.63. The highest BCUT2D eigenvalue weighted by Crippen LogP contribution is 2.22. The zero-order valence-electron chi connectivity index (χ0n) is 14.7. The molecule has 0 atom stereocenters. The average Bonchev–Trinajstić information content (AvgIpc) is 2.59. The molecule has 2 aromatic carbocycles. The topological polar surface area (TPSA) is 77.7 Å². The number of hydrogen-bond donors (Lipinski definition) is 2. The Hall–Kier alpha value is -3.02. The summed E-state index contributed by atoms with van der Waals surface area (Å²) in [6, 6.07) is 10.5. The Kier molecular flexibility index (Phi) is 6.39. The molecule has 0 saturated heterocycles. The minimum atomic E-state index is 0.123. The zero-order valence-corrected chi connectivity index (χ0v) is 14.7. The fraction of sp³-hybridized carbons (Fsp3) is 0.263. The van der Waals surface area contributed by atoms with Crippen LogP contribution in [0.5, 0.6) is 17.2 Å². The summed E-state index contributed by atoms with van der Waals surface area (Å²) in [6.45, 7) is 0.973. The summed E-state index contributed by atoms with van der Waals surface area (Å²) in [7, 11) is 5.38. The summed E-state index contributed by atoms with van der Waals surface area (Å²) >= 11 is 0. The monoisotopic (exact) mass is 341 g/mol. The number of aliphatic imine (C=N–C) groups is 2. The Morgan fingerprint density at radius 3 is 1.96 bits per heavy atom. The minimum absolute atomic E-state index is 0.123. The van der Waals surface area contributed by atoms with Crippen LogP contribution in [0.3, 0.4) is 0 Å². The van der Waals surface area contributed by atoms with Gasteiger partial charge in [0.25, 0.3) is 0 Å². The number of hydrogen-bond acceptors (Lipinski definition) is 6. The largest absolute Gasteiger partial charge is 0.507 e. The fourth-order valence-corrected chi connectivity index (χ4v) is 2.12. The van der Waals surface area contributed by atoms with E-state index in [0.717, 1.165) is 5.69 Å². The van der Waals surface area contributed by atoms with E-state index in [9.17, 15) is 10.2 Å². The second-order valence-corrected chi connectivity index (χ2v) is 5.63. The Morgan fingerprint density at radius 1 is 0.920 bits per heavy atom. The first-order valence-electron chi connectivity index (χ1n) is 7.88. The number of anilines is 1. The van der Waals surface area contributed by atoms with Crippen molar-refractivity contribution in [3.8, 4) is 17.2 Å². The molecule has 0 unspecified atom stereocenters. The summed E-state index contributed by atoms with van der Waals surface area (Å²) in [6.07, 6.45) is 3.24. The Balaban J connectivity index is 1.87. The van der Waals surface area contributed by atoms with Crippen LogP contribution in [0.2, 0.25) is 0 Å². The van der Waals surface area contributed by atoms with Crippen molar-refractivity contribution in [2.75, 3.05) is 39.2 Å². The van der Waals surface area contributed by atoms with Crippen LogP contribution in [0, 0.1) is 0 Å². The molecule has 0 bridgehead atoms. The van der Waals surface area contributed by atoms with E-state index >= 15 is 0 Å². The van der Waals surface area contributed by atoms with Crippen LogP contribution in [0.15, 0.2) is 46.4 Å². The molecule has 6 nitrogen and oxygen atoms in total. The van der Waals surface area contributed by atoms with Crippen molar-refractivity contribution >= 4 is 18.1 Å². The highest BCUT2D eigenvalue weighted by Gasteiger charge is 2.02. The number of rotatable bonds is 7. The SMILES string of the molecule is COc1ccc(C=NCCN=Cc2ccc(N(C)C)cc2O)c(O)c1. The lowest BCUT2D eigenvalue weighted by atomic mass is 10.2. The lowest BCUT2D eigenvalue weighted by Gasteiger charge is -2.12. The van der Waals surface area contributed by atoms with Crippen molar-refractivity contribution in [3.63, 3.8) is 0 Å². The van der Waals surface area contributed by atoms with E-state index in [1.807, 2.05) is 31.1 Å². The molecule has 0 heterocycles. The second kappa shape index (κ2) is 8.73. The molecule has 2 N–H and O–H groups in total. The number of phenols is 2. The minimum Gasteiger partial charge on any atom is -0.507 e. The molecule has 0 fully saturated rings. The van der Waals surface area contributed by atoms with E-state index in [-0.39, 0.29) is 11.5 Å². The van der Waals surface area contributed by atoms with Gasteiger partial charge in [0.05, 0.1) is 20.2 Å². The Bertz CT molecular complexity index is 771. The molecule has 0 radical (unpaired) electrons. The lowest BCUT2D eigenvalue weighted by Crippen LogP contribution is -2.08. The molecule has 0 aliphatic carbocycles. The predicted octanol–water partition coefficient (Wildman–Crippen LogP) is 2.71. The molecule has 0 aromatic heterocycles. The van der Waals surface area contributed by atoms with Gasteiger partial charge in [-0.05, 0) is 24.3 Å². The highest BCUT2D eigenvalue weighted by molar-refractivity contribution is 5.85. The molecular formula is C19H23N3O3. The van der Waals surface area contributed by atoms with Crippen LogP contribution in [-0.2, 0) is 0 Å². The van der Waals surface area contributed by atoms with Crippen LogP contribution in [0.1, 0.15) is 11.1 Å². The van der Waals surface area contributed by atoms with Crippen molar-refractivity contribution < 1.29 is 14.9 Å². The maximum Gasteiger partial charge on any atom is 0.128 e. The summed E-state index contributed by atoms with van der Waals surface area (Å²) < 4.78 is 5.03. The van der Waals surface area contributed by atoms with Gasteiger partial charge in [-0.2, -0.15) is 0 Å². The van der Waals surface area contributed by atoms with Crippen molar-refractivity contribution in [1.29, 1.82) is 0 Å². The van der Waals surface area contributed by atoms with Gasteiger partial charge in [0.15, 0.2) is 0 Å². The first-order chi connectivity index (χ1) is 12.0. The van der Waals surface area contributed by atoms with Gasteiger partial charge in [0, 0.05) is 55.5 Å². The molecule has 6 heteroatoms. The maximum absolute atomic E-state index is 9.98. The molecule has 0 aliphatic heterocycles. The molecule has 0 aliphatic rings. The van der Waals surface area contributed by atoms with Crippen LogP contribution in [0.4, 0.5) is 5.69 Å². The first kappa shape index (κ1) is 18.3. The van der Waals surface area contributed by atoms with Crippen molar-refractivity contribution in [2.45, 2.75) is 0 Å². The summed E-state index contributed by atoms with van der Waals surface area (Å²) in [5, 5.41) is 19.8. The number of aromatic hydroxyl groups is 2. The maximum atomic E-state index is 9.98. The van der Waals surface area contributed by atoms with Crippen LogP contribution in [-0.4, -0.2) is 56.9 Å². The summed E-state index contributed by atoms with van der Waals surface area (Å²) in [4.78, 5) is 10.4. The molecule has 0 saturated carbocycles. The van der Waals surface area contributed by atoms with Gasteiger partial charge in [-0.1, -0.05) is 0 Å². The highest BCUT2D eigenvalue weighted by atomic mass is 16.5. The van der Waals surface area contributed by atoms with Gasteiger partial charge in [-0.25, -0.2) is 0 Å². The standard InChI is InChI=1S/C19H23N3O3/c1-22(2)16-6-4-14(18(23)10-16)12-20-8-9-21-13-15-5-7-17(25-3)11-19(15)24/h4-7,10-13,23-24H,8-9H2,1-3H3. The van der Waals surface area contributed by atoms with E-state index in [0.29, 0.717) is 30.0 Å². The number of benzene rings is 2. The predicted molar refractivity (Wildman–Crippen MR) is 102 cm³/mol. The molecule has 2 rings (SSSR count). The summed E-state index contributed by atoms with van der Waals surface area (Å²) in [5.41, 5.74) is 2.22. The van der Waals surface area contributed by atoms with E-state index in [1.165, 1.54) is 0 Å². The number of nitrogens with zero attached hydrogens (tertiary/aromatic N) is 3. The molecule has 0 amide bonds. The van der Waals surface area contributed by atoms with Crippen molar-refractivity contribution in [1.82, 2.24) is 0 Å². The Morgan fingerprint density at radius 2 is 1.48 bits per heavy atom. The van der Waals surface area contributed by atoms with Gasteiger partial charge in [0.2, 0.25) is 0 Å². The zero-order chi connectivity index (χ0) is 18.2. The fourth-order valence-electron chi connectivity index (χ4n) is 2.12. The van der Waals surface area contributed by atoms with E-state index in [2.05, 4.69) is 9.98 Å². The number of ether oxygens (including phenoxy) is 1. The normalized spacial score (nSPS) is 11.3. The van der Waals surface area contributed by atoms with Gasteiger partial charge < -0.3 is 19.8 Å². The molecule has 0 spiro atoms. The van der Waals surface area contributed by atoms with E-state index in [4.69, 9.17) is 4.74 Å². The molecule has 132 valence electrons. The molecule has 25 heavy (non-hydrogen) atoms. The van der Waals surface area contributed by atoms with E-state index < -0.39 is 0 Å². The van der Waals surface area contributed by atoms with Crippen LogP contribution < -0.4 is 9.64 Å². The molecular weight excluding hydrogens is 318 g/mol. The number of phenolic OH excluding ortho intramolecular Hbond substituents is 2. The number of methoxy groups -OCH3 is 1. The van der Waals surface area contributed by atoms with Gasteiger partial charge in [-0.15, -0.1) is 0 Å². The van der Waals surface area contributed by atoms with Gasteiger partial charge in [-0.3, -0.25) is 9.98 Å².